The number of carbonyl (C=O) groups excluding carboxylic acids is 1. The van der Waals surface area contributed by atoms with Crippen molar-refractivity contribution in [1.29, 1.82) is 0 Å². The average Bonchev–Trinajstić information content (AvgIpc) is 3.10. The molecule has 0 aliphatic rings. The summed E-state index contributed by atoms with van der Waals surface area (Å²) in [5.74, 6) is -0.831. The summed E-state index contributed by atoms with van der Waals surface area (Å²) in [5.41, 5.74) is -1.27. The summed E-state index contributed by atoms with van der Waals surface area (Å²) in [5, 5.41) is 9.76. The van der Waals surface area contributed by atoms with Crippen molar-refractivity contribution in [2.24, 2.45) is 7.05 Å². The Morgan fingerprint density at radius 1 is 1.09 bits per heavy atom. The molecule has 0 bridgehead atoms. The molecule has 1 heterocycles. The SMILES string of the molecule is CCC(Sc1nnc(CS(=O)(=O)c2ccccc2)n1C)C(=O)Nc1ccccc1C(F)(F)F. The van der Waals surface area contributed by atoms with Gasteiger partial charge in [-0.3, -0.25) is 4.79 Å². The van der Waals surface area contributed by atoms with Crippen molar-refractivity contribution >= 4 is 33.2 Å². The number of hydrogen-bond donors (Lipinski definition) is 1. The molecule has 0 aliphatic carbocycles. The molecule has 176 valence electrons. The van der Waals surface area contributed by atoms with Gasteiger partial charge in [-0.1, -0.05) is 49.0 Å². The van der Waals surface area contributed by atoms with Gasteiger partial charge in [0.05, 0.1) is 21.4 Å². The van der Waals surface area contributed by atoms with Gasteiger partial charge in [-0.05, 0) is 30.7 Å². The molecule has 12 heteroatoms. The van der Waals surface area contributed by atoms with Gasteiger partial charge < -0.3 is 9.88 Å². The predicted molar refractivity (Wildman–Crippen MR) is 118 cm³/mol. The van der Waals surface area contributed by atoms with Crippen LogP contribution in [0.3, 0.4) is 0 Å². The van der Waals surface area contributed by atoms with E-state index in [1.807, 2.05) is 0 Å². The molecule has 1 N–H and O–H groups in total. The topological polar surface area (TPSA) is 93.9 Å². The average molecular weight is 499 g/mol. The Bertz CT molecular complexity index is 1230. The lowest BCUT2D eigenvalue weighted by atomic mass is 10.1. The fraction of sp³-hybridized carbons (Fsp3) is 0.286. The Balaban J connectivity index is 1.75. The number of alkyl halides is 3. The number of aromatic nitrogens is 3. The molecule has 1 atom stereocenters. The molecule has 1 aromatic heterocycles. The third-order valence-corrected chi connectivity index (χ3v) is 7.77. The van der Waals surface area contributed by atoms with E-state index in [-0.39, 0.29) is 27.3 Å². The van der Waals surface area contributed by atoms with Gasteiger partial charge in [-0.15, -0.1) is 10.2 Å². The lowest BCUT2D eigenvalue weighted by Gasteiger charge is -2.17. The van der Waals surface area contributed by atoms with E-state index in [0.717, 1.165) is 17.8 Å². The summed E-state index contributed by atoms with van der Waals surface area (Å²) >= 11 is 1.000. The normalized spacial score (nSPS) is 13.0. The van der Waals surface area contributed by atoms with Crippen LogP contribution in [-0.4, -0.2) is 34.3 Å². The fourth-order valence-electron chi connectivity index (χ4n) is 2.96. The Morgan fingerprint density at radius 3 is 2.36 bits per heavy atom. The molecule has 0 saturated heterocycles. The minimum atomic E-state index is -4.61. The highest BCUT2D eigenvalue weighted by Crippen LogP contribution is 2.35. The second-order valence-corrected chi connectivity index (χ2v) is 10.2. The number of benzene rings is 2. The van der Waals surface area contributed by atoms with Gasteiger partial charge in [0.15, 0.2) is 15.0 Å². The van der Waals surface area contributed by atoms with Crippen molar-refractivity contribution in [3.63, 3.8) is 0 Å². The third kappa shape index (κ3) is 5.93. The quantitative estimate of drug-likeness (QED) is 0.465. The van der Waals surface area contributed by atoms with Crippen molar-refractivity contribution in [2.75, 3.05) is 5.32 Å². The molecular weight excluding hydrogens is 477 g/mol. The van der Waals surface area contributed by atoms with Crippen molar-refractivity contribution in [1.82, 2.24) is 14.8 Å². The second-order valence-electron chi connectivity index (χ2n) is 7.08. The molecule has 2 aromatic carbocycles. The molecule has 3 aromatic rings. The molecule has 1 amide bonds. The molecule has 0 radical (unpaired) electrons. The molecule has 33 heavy (non-hydrogen) atoms. The number of anilines is 1. The maximum absolute atomic E-state index is 13.2. The van der Waals surface area contributed by atoms with Crippen LogP contribution < -0.4 is 5.32 Å². The van der Waals surface area contributed by atoms with Crippen LogP contribution in [0.25, 0.3) is 0 Å². The first kappa shape index (κ1) is 24.8. The largest absolute Gasteiger partial charge is 0.418 e. The first-order valence-electron chi connectivity index (χ1n) is 9.82. The zero-order valence-corrected chi connectivity index (χ0v) is 19.3. The van der Waals surface area contributed by atoms with E-state index in [1.165, 1.54) is 34.9 Å². The maximum atomic E-state index is 13.2. The standard InChI is InChI=1S/C21H21F3N4O3S2/c1-3-17(19(29)25-16-12-8-7-11-15(16)21(22,23)24)32-20-27-26-18(28(20)2)13-33(30,31)14-9-5-4-6-10-14/h4-12,17H,3,13H2,1-2H3,(H,25,29). The first-order chi connectivity index (χ1) is 15.5. The monoisotopic (exact) mass is 498 g/mol. The van der Waals surface area contributed by atoms with Crippen molar-refractivity contribution in [2.45, 2.75) is 40.6 Å². The number of halogens is 3. The molecular formula is C21H21F3N4O3S2. The van der Waals surface area contributed by atoms with Crippen LogP contribution in [0.15, 0.2) is 64.6 Å². The number of hydrogen-bond acceptors (Lipinski definition) is 6. The van der Waals surface area contributed by atoms with Crippen LogP contribution in [0.1, 0.15) is 24.7 Å². The van der Waals surface area contributed by atoms with Crippen LogP contribution in [-0.2, 0) is 33.6 Å². The predicted octanol–water partition coefficient (Wildman–Crippen LogP) is 4.32. The van der Waals surface area contributed by atoms with Crippen LogP contribution in [0.5, 0.6) is 0 Å². The Kier molecular flexibility index (Phi) is 7.48. The van der Waals surface area contributed by atoms with Gasteiger partial charge >= 0.3 is 6.18 Å². The molecule has 0 saturated carbocycles. The second kappa shape index (κ2) is 9.96. The van der Waals surface area contributed by atoms with E-state index in [9.17, 15) is 26.4 Å². The molecule has 3 rings (SSSR count). The van der Waals surface area contributed by atoms with E-state index in [0.29, 0.717) is 6.42 Å². The smallest absolute Gasteiger partial charge is 0.325 e. The van der Waals surface area contributed by atoms with Crippen molar-refractivity contribution in [3.05, 3.63) is 66.0 Å². The minimum absolute atomic E-state index is 0.149. The van der Waals surface area contributed by atoms with Gasteiger partial charge in [-0.25, -0.2) is 8.42 Å². The third-order valence-electron chi connectivity index (χ3n) is 4.75. The first-order valence-corrected chi connectivity index (χ1v) is 12.4. The van der Waals surface area contributed by atoms with E-state index in [4.69, 9.17) is 0 Å². The summed E-state index contributed by atoms with van der Waals surface area (Å²) in [4.78, 5) is 12.9. The van der Waals surface area contributed by atoms with Gasteiger partial charge in [-0.2, -0.15) is 13.2 Å². The minimum Gasteiger partial charge on any atom is -0.325 e. The molecule has 0 aliphatic heterocycles. The maximum Gasteiger partial charge on any atom is 0.418 e. The van der Waals surface area contributed by atoms with E-state index in [2.05, 4.69) is 15.5 Å². The summed E-state index contributed by atoms with van der Waals surface area (Å²) in [6, 6.07) is 12.6. The number of sulfone groups is 1. The van der Waals surface area contributed by atoms with Crippen LogP contribution in [0.2, 0.25) is 0 Å². The Morgan fingerprint density at radius 2 is 1.73 bits per heavy atom. The molecule has 7 nitrogen and oxygen atoms in total. The summed E-state index contributed by atoms with van der Waals surface area (Å²) in [6.07, 6.45) is -4.31. The number of amides is 1. The highest BCUT2D eigenvalue weighted by Gasteiger charge is 2.34. The molecule has 1 unspecified atom stereocenters. The van der Waals surface area contributed by atoms with E-state index >= 15 is 0 Å². The lowest BCUT2D eigenvalue weighted by Crippen LogP contribution is -2.26. The number of thioether (sulfide) groups is 1. The number of nitrogens with one attached hydrogen (secondary N) is 1. The number of rotatable bonds is 8. The molecule has 0 fully saturated rings. The van der Waals surface area contributed by atoms with Crippen LogP contribution >= 0.6 is 11.8 Å². The lowest BCUT2D eigenvalue weighted by molar-refractivity contribution is -0.137. The van der Waals surface area contributed by atoms with Gasteiger partial charge in [0, 0.05) is 7.05 Å². The highest BCUT2D eigenvalue weighted by molar-refractivity contribution is 8.00. The number of nitrogens with zero attached hydrogens (tertiary/aromatic N) is 3. The van der Waals surface area contributed by atoms with Gasteiger partial charge in [0.2, 0.25) is 5.91 Å². The van der Waals surface area contributed by atoms with Crippen molar-refractivity contribution in [3.8, 4) is 0 Å². The molecule has 0 spiro atoms. The van der Waals surface area contributed by atoms with E-state index in [1.54, 1.807) is 32.2 Å². The van der Waals surface area contributed by atoms with Crippen molar-refractivity contribution < 1.29 is 26.4 Å². The summed E-state index contributed by atoms with van der Waals surface area (Å²) in [7, 11) is -2.08. The van der Waals surface area contributed by atoms with E-state index < -0.39 is 32.7 Å². The Labute approximate surface area is 193 Å². The Hall–Kier alpha value is -2.86. The number of para-hydroxylation sites is 1. The van der Waals surface area contributed by atoms with Gasteiger partial charge in [0.25, 0.3) is 0 Å². The zero-order valence-electron chi connectivity index (χ0n) is 17.7. The van der Waals surface area contributed by atoms with Crippen LogP contribution in [0.4, 0.5) is 18.9 Å². The zero-order chi connectivity index (χ0) is 24.2. The summed E-state index contributed by atoms with van der Waals surface area (Å²) in [6.45, 7) is 1.71. The van der Waals surface area contributed by atoms with Crippen LogP contribution in [0, 0.1) is 0 Å². The number of carbonyl (C=O) groups is 1. The fourth-order valence-corrected chi connectivity index (χ4v) is 5.22. The summed E-state index contributed by atoms with van der Waals surface area (Å²) < 4.78 is 66.4. The highest BCUT2D eigenvalue weighted by atomic mass is 32.2. The van der Waals surface area contributed by atoms with Gasteiger partial charge in [0.1, 0.15) is 11.6 Å².